The van der Waals surface area contributed by atoms with Gasteiger partial charge in [0.1, 0.15) is 18.2 Å². The Hall–Kier alpha value is -4.16. The number of carbonyl (C=O) groups is 1. The van der Waals surface area contributed by atoms with Crippen molar-refractivity contribution in [1.29, 1.82) is 0 Å². The average molecular weight is 652 g/mol. The Kier molecular flexibility index (Phi) is 10.0. The van der Waals surface area contributed by atoms with Crippen LogP contribution in [0.4, 0.5) is 26.0 Å². The van der Waals surface area contributed by atoms with Crippen LogP contribution in [0.5, 0.6) is 5.88 Å². The van der Waals surface area contributed by atoms with Gasteiger partial charge in [0.2, 0.25) is 5.88 Å². The first-order valence-electron chi connectivity index (χ1n) is 15.1. The molecule has 246 valence electrons. The number of aryl methyl sites for hydroxylation is 1. The van der Waals surface area contributed by atoms with Crippen molar-refractivity contribution >= 4 is 42.4 Å². The van der Waals surface area contributed by atoms with Gasteiger partial charge in [0, 0.05) is 35.3 Å². The summed E-state index contributed by atoms with van der Waals surface area (Å²) in [5, 5.41) is 13.3. The minimum atomic E-state index is -3.15. The number of nitrogens with one attached hydrogen (secondary N) is 1. The smallest absolute Gasteiger partial charge is 0.308 e. The summed E-state index contributed by atoms with van der Waals surface area (Å²) >= 11 is 0. The topological polar surface area (TPSA) is 110 Å². The molecule has 0 spiro atoms. The first-order valence-corrected chi connectivity index (χ1v) is 18.0. The monoisotopic (exact) mass is 651 g/mol. The van der Waals surface area contributed by atoms with Crippen LogP contribution in [0, 0.1) is 6.92 Å². The molecule has 0 fully saturated rings. The highest BCUT2D eigenvalue weighted by molar-refractivity contribution is 6.74. The van der Waals surface area contributed by atoms with Crippen LogP contribution in [0.3, 0.4) is 0 Å². The van der Waals surface area contributed by atoms with E-state index in [0.717, 1.165) is 11.1 Å². The Morgan fingerprint density at radius 1 is 1.09 bits per heavy atom. The molecule has 12 heteroatoms. The zero-order chi connectivity index (χ0) is 34.0. The first-order chi connectivity index (χ1) is 21.4. The van der Waals surface area contributed by atoms with Gasteiger partial charge >= 0.3 is 5.97 Å². The number of benzene rings is 2. The molecule has 0 unspecified atom stereocenters. The lowest BCUT2D eigenvalue weighted by molar-refractivity contribution is -0.136. The highest BCUT2D eigenvalue weighted by Crippen LogP contribution is 2.39. The van der Waals surface area contributed by atoms with Gasteiger partial charge in [0.25, 0.3) is 5.92 Å². The number of aliphatic carboxylic acids is 1. The summed E-state index contributed by atoms with van der Waals surface area (Å²) in [6.45, 7) is 13.0. The third-order valence-electron chi connectivity index (χ3n) is 8.59. The SMILES string of the molecule is COc1ncc(N(C)c2ccc3nc(C)nc(N[C@H](C)c4cccc(C(F)(F)CO[Si](C)(C)C(C)(C)C)c4)c3c2)cc1CC(=O)O. The van der Waals surface area contributed by atoms with Crippen LogP contribution < -0.4 is 15.0 Å². The molecule has 0 saturated carbocycles. The summed E-state index contributed by atoms with van der Waals surface area (Å²) in [5.41, 5.74) is 3.20. The van der Waals surface area contributed by atoms with Gasteiger partial charge in [0.15, 0.2) is 8.32 Å². The zero-order valence-electron chi connectivity index (χ0n) is 27.9. The van der Waals surface area contributed by atoms with E-state index < -0.39 is 26.8 Å². The number of hydrogen-bond donors (Lipinski definition) is 2. The van der Waals surface area contributed by atoms with Crippen LogP contribution in [0.15, 0.2) is 54.7 Å². The van der Waals surface area contributed by atoms with Gasteiger partial charge in [-0.05, 0) is 67.9 Å². The summed E-state index contributed by atoms with van der Waals surface area (Å²) in [5.74, 6) is -2.76. The van der Waals surface area contributed by atoms with Crippen molar-refractivity contribution in [2.24, 2.45) is 0 Å². The zero-order valence-corrected chi connectivity index (χ0v) is 28.9. The third-order valence-corrected chi connectivity index (χ3v) is 13.1. The number of fused-ring (bicyclic) bond motifs is 1. The van der Waals surface area contributed by atoms with Crippen LogP contribution in [-0.4, -0.2) is 55.1 Å². The maximum absolute atomic E-state index is 15.4. The van der Waals surface area contributed by atoms with Crippen molar-refractivity contribution in [3.05, 3.63) is 77.2 Å². The van der Waals surface area contributed by atoms with Gasteiger partial charge in [-0.25, -0.2) is 15.0 Å². The number of methoxy groups -OCH3 is 1. The third kappa shape index (κ3) is 7.79. The maximum Gasteiger partial charge on any atom is 0.308 e. The Morgan fingerprint density at radius 2 is 1.80 bits per heavy atom. The van der Waals surface area contributed by atoms with Crippen molar-refractivity contribution in [1.82, 2.24) is 15.0 Å². The Balaban J connectivity index is 1.62. The Morgan fingerprint density at radius 3 is 2.46 bits per heavy atom. The van der Waals surface area contributed by atoms with Gasteiger partial charge in [-0.1, -0.05) is 39.0 Å². The van der Waals surface area contributed by atoms with Crippen LogP contribution >= 0.6 is 0 Å². The molecule has 0 bridgehead atoms. The van der Waals surface area contributed by atoms with Crippen molar-refractivity contribution in [2.75, 3.05) is 31.0 Å². The van der Waals surface area contributed by atoms with E-state index in [0.29, 0.717) is 34.0 Å². The van der Waals surface area contributed by atoms with E-state index in [1.165, 1.54) is 19.2 Å². The van der Waals surface area contributed by atoms with Gasteiger partial charge in [-0.3, -0.25) is 4.79 Å². The second-order valence-electron chi connectivity index (χ2n) is 13.1. The summed E-state index contributed by atoms with van der Waals surface area (Å²) < 4.78 is 41.9. The van der Waals surface area contributed by atoms with E-state index in [1.54, 1.807) is 25.3 Å². The molecule has 2 N–H and O–H groups in total. The standard InChI is InChI=1S/C34H43F2N5O4Si/c1-21(23-11-10-12-25(15-23)34(35,36)20-45-46(8,9)33(3,4)5)38-31-28-18-26(13-14-29(28)39-22(2)40-31)41(6)27-16-24(17-30(42)43)32(44-7)37-19-27/h10-16,18-19,21H,17,20H2,1-9H3,(H,42,43)(H,38,39,40)/t21-/m1/s1. The van der Waals surface area contributed by atoms with Gasteiger partial charge in [-0.15, -0.1) is 0 Å². The summed E-state index contributed by atoms with van der Waals surface area (Å²) in [6, 6.07) is 13.5. The van der Waals surface area contributed by atoms with Crippen molar-refractivity contribution in [3.8, 4) is 5.88 Å². The molecule has 0 aliphatic heterocycles. The molecule has 9 nitrogen and oxygen atoms in total. The summed E-state index contributed by atoms with van der Waals surface area (Å²) in [6.07, 6.45) is 1.38. The van der Waals surface area contributed by atoms with E-state index in [1.807, 2.05) is 77.0 Å². The predicted octanol–water partition coefficient (Wildman–Crippen LogP) is 8.02. The molecule has 0 amide bonds. The number of aromatic nitrogens is 3. The molecule has 1 atom stereocenters. The van der Waals surface area contributed by atoms with Crippen LogP contribution in [0.1, 0.15) is 56.3 Å². The van der Waals surface area contributed by atoms with Crippen molar-refractivity contribution in [2.45, 2.75) is 71.1 Å². The molecule has 2 aromatic carbocycles. The highest BCUT2D eigenvalue weighted by atomic mass is 28.4. The number of nitrogens with zero attached hydrogens (tertiary/aromatic N) is 4. The first kappa shape index (κ1) is 34.7. The quantitative estimate of drug-likeness (QED) is 0.147. The molecule has 2 heterocycles. The average Bonchev–Trinajstić information content (AvgIpc) is 2.98. The number of anilines is 3. The molecular formula is C34H43F2N5O4Si. The number of ether oxygens (including phenoxy) is 1. The molecule has 0 aliphatic rings. The molecule has 46 heavy (non-hydrogen) atoms. The molecule has 4 aromatic rings. The molecule has 0 radical (unpaired) electrons. The van der Waals surface area contributed by atoms with Gasteiger partial charge in [0.05, 0.1) is 30.9 Å². The Bertz CT molecular complexity index is 1730. The maximum atomic E-state index is 15.4. The second kappa shape index (κ2) is 13.3. The number of carboxylic acids is 1. The molecule has 4 rings (SSSR count). The minimum absolute atomic E-state index is 0.0969. The normalized spacial score (nSPS) is 13.0. The van der Waals surface area contributed by atoms with E-state index in [4.69, 9.17) is 9.16 Å². The fourth-order valence-corrected chi connectivity index (χ4v) is 5.71. The molecule has 0 aliphatic carbocycles. The molecule has 2 aromatic heterocycles. The molecule has 0 saturated heterocycles. The fourth-order valence-electron chi connectivity index (χ4n) is 4.74. The van der Waals surface area contributed by atoms with E-state index in [2.05, 4.69) is 20.3 Å². The number of carboxylic acid groups (broad SMARTS) is 1. The number of halogens is 2. The van der Waals surface area contributed by atoms with E-state index in [-0.39, 0.29) is 28.9 Å². The van der Waals surface area contributed by atoms with E-state index >= 15 is 8.78 Å². The van der Waals surface area contributed by atoms with Gasteiger partial charge < -0.3 is 24.5 Å². The van der Waals surface area contributed by atoms with Crippen LogP contribution in [0.25, 0.3) is 10.9 Å². The van der Waals surface area contributed by atoms with Crippen molar-refractivity contribution in [3.63, 3.8) is 0 Å². The van der Waals surface area contributed by atoms with Crippen molar-refractivity contribution < 1.29 is 27.8 Å². The van der Waals surface area contributed by atoms with Crippen LogP contribution in [-0.2, 0) is 21.6 Å². The lowest BCUT2D eigenvalue weighted by atomic mass is 10.0. The predicted molar refractivity (Wildman–Crippen MR) is 180 cm³/mol. The van der Waals surface area contributed by atoms with E-state index in [9.17, 15) is 9.90 Å². The summed E-state index contributed by atoms with van der Waals surface area (Å²) in [4.78, 5) is 26.8. The lowest BCUT2D eigenvalue weighted by Crippen LogP contribution is -2.43. The second-order valence-corrected chi connectivity index (χ2v) is 17.9. The number of alkyl halides is 2. The van der Waals surface area contributed by atoms with Gasteiger partial charge in [-0.2, -0.15) is 8.78 Å². The highest BCUT2D eigenvalue weighted by Gasteiger charge is 2.41. The molecular weight excluding hydrogens is 608 g/mol. The number of pyridine rings is 1. The fraction of sp³-hybridized carbons (Fsp3) is 0.412. The summed E-state index contributed by atoms with van der Waals surface area (Å²) in [7, 11) is 0.940. The lowest BCUT2D eigenvalue weighted by Gasteiger charge is -2.37. The number of hydrogen-bond acceptors (Lipinski definition) is 8. The van der Waals surface area contributed by atoms with Crippen LogP contribution in [0.2, 0.25) is 18.1 Å². The minimum Gasteiger partial charge on any atom is -0.481 e. The largest absolute Gasteiger partial charge is 0.481 e. The Labute approximate surface area is 270 Å². The number of rotatable bonds is 12.